The second-order valence-electron chi connectivity index (χ2n) is 6.13. The summed E-state index contributed by atoms with van der Waals surface area (Å²) in [5.74, 6) is 0.931. The van der Waals surface area contributed by atoms with E-state index in [1.54, 1.807) is 6.07 Å². The summed E-state index contributed by atoms with van der Waals surface area (Å²) in [5, 5.41) is 6.95. The highest BCUT2D eigenvalue weighted by Gasteiger charge is 2.13. The minimum absolute atomic E-state index is 0.241. The lowest BCUT2D eigenvalue weighted by molar-refractivity contribution is 0.0509. The van der Waals surface area contributed by atoms with E-state index in [1.165, 1.54) is 0 Å². The van der Waals surface area contributed by atoms with Gasteiger partial charge in [-0.15, -0.1) is 23.2 Å². The first-order chi connectivity index (χ1) is 14.7. The van der Waals surface area contributed by atoms with Gasteiger partial charge < -0.3 is 24.1 Å². The summed E-state index contributed by atoms with van der Waals surface area (Å²) < 4.78 is 16.2. The standard InChI is InChI=1S/C19H25Cl2N5O4/c20-3-7-26(8-4-21)16-1-2-17-15(13-16)14-18(30-17)19(27)23-5-9-28-11-12-29-10-6-24-25-22/h1-2,13-14H,3-12H2,(H,23,27). The molecule has 1 aromatic heterocycles. The fourth-order valence-corrected chi connectivity index (χ4v) is 3.12. The Morgan fingerprint density at radius 3 is 2.57 bits per heavy atom. The van der Waals surface area contributed by atoms with Crippen LogP contribution in [-0.2, 0) is 9.47 Å². The molecule has 0 bridgehead atoms. The molecule has 0 aliphatic rings. The van der Waals surface area contributed by atoms with Gasteiger partial charge in [0.05, 0.1) is 26.4 Å². The minimum Gasteiger partial charge on any atom is -0.451 e. The van der Waals surface area contributed by atoms with E-state index in [0.717, 1.165) is 11.1 Å². The van der Waals surface area contributed by atoms with Crippen LogP contribution in [0, 0.1) is 0 Å². The van der Waals surface area contributed by atoms with E-state index in [-0.39, 0.29) is 11.7 Å². The van der Waals surface area contributed by atoms with Crippen molar-refractivity contribution in [1.82, 2.24) is 5.32 Å². The van der Waals surface area contributed by atoms with Crippen molar-refractivity contribution in [3.63, 3.8) is 0 Å². The van der Waals surface area contributed by atoms with Gasteiger partial charge in [0.25, 0.3) is 5.91 Å². The monoisotopic (exact) mass is 457 g/mol. The van der Waals surface area contributed by atoms with Crippen molar-refractivity contribution in [1.29, 1.82) is 0 Å². The van der Waals surface area contributed by atoms with Crippen LogP contribution in [0.5, 0.6) is 0 Å². The number of nitrogens with one attached hydrogen (secondary N) is 1. The number of alkyl halides is 2. The molecule has 0 fully saturated rings. The van der Waals surface area contributed by atoms with Gasteiger partial charge in [-0.1, -0.05) is 5.11 Å². The molecule has 164 valence electrons. The molecule has 1 amide bonds. The fourth-order valence-electron chi connectivity index (χ4n) is 2.71. The summed E-state index contributed by atoms with van der Waals surface area (Å²) in [7, 11) is 0. The molecule has 11 heteroatoms. The van der Waals surface area contributed by atoms with Gasteiger partial charge in [-0.25, -0.2) is 0 Å². The molecule has 2 rings (SSSR count). The van der Waals surface area contributed by atoms with Crippen LogP contribution in [0.25, 0.3) is 21.4 Å². The van der Waals surface area contributed by atoms with Crippen LogP contribution in [0.15, 0.2) is 33.8 Å². The zero-order chi connectivity index (χ0) is 21.6. The van der Waals surface area contributed by atoms with Gasteiger partial charge in [0.2, 0.25) is 0 Å². The molecule has 0 saturated heterocycles. The Kier molecular flexibility index (Phi) is 11.2. The van der Waals surface area contributed by atoms with Gasteiger partial charge in [0, 0.05) is 53.9 Å². The minimum atomic E-state index is -0.305. The van der Waals surface area contributed by atoms with Crippen LogP contribution >= 0.6 is 23.2 Å². The number of fused-ring (bicyclic) bond motifs is 1. The number of halogens is 2. The van der Waals surface area contributed by atoms with Gasteiger partial charge in [0.1, 0.15) is 5.58 Å². The third-order valence-corrected chi connectivity index (χ3v) is 4.44. The largest absolute Gasteiger partial charge is 0.451 e. The van der Waals surface area contributed by atoms with Crippen molar-refractivity contribution in [3.8, 4) is 0 Å². The molecule has 0 aliphatic heterocycles. The van der Waals surface area contributed by atoms with E-state index < -0.39 is 0 Å². The van der Waals surface area contributed by atoms with Crippen molar-refractivity contribution in [2.75, 3.05) is 69.3 Å². The van der Waals surface area contributed by atoms with Crippen LogP contribution < -0.4 is 10.2 Å². The number of azide groups is 1. The fraction of sp³-hybridized carbons (Fsp3) is 0.526. The molecule has 0 saturated carbocycles. The molecule has 0 spiro atoms. The number of amides is 1. The van der Waals surface area contributed by atoms with Crippen molar-refractivity contribution < 1.29 is 18.7 Å². The van der Waals surface area contributed by atoms with Crippen LogP contribution in [0.4, 0.5) is 5.69 Å². The molecular weight excluding hydrogens is 433 g/mol. The van der Waals surface area contributed by atoms with Crippen LogP contribution in [0.1, 0.15) is 10.6 Å². The highest BCUT2D eigenvalue weighted by atomic mass is 35.5. The number of ether oxygens (including phenoxy) is 2. The van der Waals surface area contributed by atoms with Gasteiger partial charge >= 0.3 is 0 Å². The summed E-state index contributed by atoms with van der Waals surface area (Å²) in [5.41, 5.74) is 9.75. The smallest absolute Gasteiger partial charge is 0.287 e. The molecule has 0 unspecified atom stereocenters. The molecule has 0 aliphatic carbocycles. The lowest BCUT2D eigenvalue weighted by Gasteiger charge is -2.22. The molecular formula is C19H25Cl2N5O4. The number of furan rings is 1. The molecule has 0 atom stereocenters. The average Bonchev–Trinajstić information content (AvgIpc) is 3.18. The Bertz CT molecular complexity index is 835. The highest BCUT2D eigenvalue weighted by molar-refractivity contribution is 6.18. The summed E-state index contributed by atoms with van der Waals surface area (Å²) >= 11 is 11.7. The number of carbonyl (C=O) groups is 1. The number of carbonyl (C=O) groups excluding carboxylic acids is 1. The molecule has 9 nitrogen and oxygen atoms in total. The Hall–Kier alpha value is -2.16. The summed E-state index contributed by atoms with van der Waals surface area (Å²) in [6.07, 6.45) is 0. The molecule has 1 heterocycles. The SMILES string of the molecule is [N-]=[N+]=NCCOCCOCCNC(=O)c1cc2cc(N(CCCl)CCCl)ccc2o1. The molecule has 30 heavy (non-hydrogen) atoms. The van der Waals surface area contributed by atoms with Gasteiger partial charge in [-0.05, 0) is 29.8 Å². The number of benzene rings is 1. The Balaban J connectivity index is 1.78. The normalized spacial score (nSPS) is 10.7. The van der Waals surface area contributed by atoms with E-state index in [9.17, 15) is 4.79 Å². The van der Waals surface area contributed by atoms with Gasteiger partial charge in [-0.2, -0.15) is 0 Å². The second kappa shape index (κ2) is 14.0. The topological polar surface area (TPSA) is 113 Å². The van der Waals surface area contributed by atoms with Crippen molar-refractivity contribution in [3.05, 3.63) is 40.5 Å². The van der Waals surface area contributed by atoms with E-state index in [4.69, 9.17) is 42.6 Å². The summed E-state index contributed by atoms with van der Waals surface area (Å²) in [6.45, 7) is 3.50. The molecule has 2 aromatic rings. The third-order valence-electron chi connectivity index (χ3n) is 4.10. The van der Waals surface area contributed by atoms with Crippen molar-refractivity contribution in [2.24, 2.45) is 5.11 Å². The molecule has 1 aromatic carbocycles. The summed E-state index contributed by atoms with van der Waals surface area (Å²) in [6, 6.07) is 7.43. The highest BCUT2D eigenvalue weighted by Crippen LogP contribution is 2.25. The second-order valence-corrected chi connectivity index (χ2v) is 6.89. The van der Waals surface area contributed by atoms with Crippen LogP contribution in [0.2, 0.25) is 0 Å². The Morgan fingerprint density at radius 2 is 1.87 bits per heavy atom. The number of anilines is 1. The maximum absolute atomic E-state index is 12.3. The number of hydrogen-bond donors (Lipinski definition) is 1. The average molecular weight is 458 g/mol. The quantitative estimate of drug-likeness (QED) is 0.143. The first-order valence-corrected chi connectivity index (χ1v) is 10.6. The predicted molar refractivity (Wildman–Crippen MR) is 118 cm³/mol. The molecule has 0 radical (unpaired) electrons. The van der Waals surface area contributed by atoms with E-state index in [1.807, 2.05) is 18.2 Å². The Labute approximate surface area is 184 Å². The van der Waals surface area contributed by atoms with Crippen LogP contribution in [0.3, 0.4) is 0 Å². The summed E-state index contributed by atoms with van der Waals surface area (Å²) in [4.78, 5) is 17.0. The maximum Gasteiger partial charge on any atom is 0.287 e. The maximum atomic E-state index is 12.3. The number of rotatable bonds is 15. The molecule has 1 N–H and O–H groups in total. The first-order valence-electron chi connectivity index (χ1n) is 9.54. The van der Waals surface area contributed by atoms with Crippen molar-refractivity contribution >= 4 is 45.8 Å². The Morgan fingerprint density at radius 1 is 1.13 bits per heavy atom. The van der Waals surface area contributed by atoms with E-state index >= 15 is 0 Å². The zero-order valence-electron chi connectivity index (χ0n) is 16.6. The number of hydrogen-bond acceptors (Lipinski definition) is 6. The van der Waals surface area contributed by atoms with Crippen molar-refractivity contribution in [2.45, 2.75) is 0 Å². The van der Waals surface area contributed by atoms with E-state index in [0.29, 0.717) is 69.9 Å². The van der Waals surface area contributed by atoms with E-state index in [2.05, 4.69) is 20.2 Å². The van der Waals surface area contributed by atoms with Crippen LogP contribution in [-0.4, -0.2) is 70.3 Å². The number of nitrogens with zero attached hydrogens (tertiary/aromatic N) is 4. The lowest BCUT2D eigenvalue weighted by atomic mass is 10.2. The zero-order valence-corrected chi connectivity index (χ0v) is 18.1. The third kappa shape index (κ3) is 7.93. The predicted octanol–water partition coefficient (Wildman–Crippen LogP) is 3.79. The van der Waals surface area contributed by atoms with Gasteiger partial charge in [0.15, 0.2) is 5.76 Å². The van der Waals surface area contributed by atoms with Gasteiger partial charge in [-0.3, -0.25) is 4.79 Å². The lowest BCUT2D eigenvalue weighted by Crippen LogP contribution is -2.27. The first kappa shape index (κ1) is 24.1.